The molecule has 3 aromatic rings. The molecule has 1 N–H and O–H groups in total. The number of rotatable bonds is 7. The van der Waals surface area contributed by atoms with E-state index in [1.54, 1.807) is 25.3 Å². The number of aromatic nitrogens is 2. The van der Waals surface area contributed by atoms with Gasteiger partial charge >= 0.3 is 0 Å². The summed E-state index contributed by atoms with van der Waals surface area (Å²) in [4.78, 5) is 22.2. The smallest absolute Gasteiger partial charge is 0.260 e. The van der Waals surface area contributed by atoms with Crippen molar-refractivity contribution in [3.05, 3.63) is 53.9 Å². The van der Waals surface area contributed by atoms with E-state index in [1.807, 2.05) is 30.5 Å². The maximum Gasteiger partial charge on any atom is 0.260 e. The molecule has 1 amide bonds. The monoisotopic (exact) mass is 439 g/mol. The highest BCUT2D eigenvalue weighted by Crippen LogP contribution is 2.29. The first-order valence-corrected chi connectivity index (χ1v) is 11.5. The lowest BCUT2D eigenvalue weighted by molar-refractivity contribution is -0.0109. The normalized spacial score (nSPS) is 16.1. The lowest BCUT2D eigenvalue weighted by Gasteiger charge is -2.23. The number of ether oxygens (including phenoxy) is 2. The third kappa shape index (κ3) is 5.08. The van der Waals surface area contributed by atoms with Gasteiger partial charge in [-0.3, -0.25) is 4.79 Å². The molecule has 3 heterocycles. The van der Waals surface area contributed by atoms with Crippen molar-refractivity contribution in [3.63, 3.8) is 0 Å². The number of nitrogens with zero attached hydrogens (tertiary/aromatic N) is 2. The van der Waals surface area contributed by atoms with Gasteiger partial charge < -0.3 is 19.2 Å². The molecule has 0 aliphatic carbocycles. The second kappa shape index (κ2) is 9.98. The standard InChI is InChI=1S/C23H25N3O4S/c1-15-20(23(31-2)26-21(24-15)19-11-7-13-29-19)22(27)25-17-9-3-4-10-18(17)30-14-16-8-5-6-12-28-16/h3-4,7,9-11,13,16H,5-6,8,12,14H2,1-2H3,(H,25,27). The number of anilines is 1. The minimum Gasteiger partial charge on any atom is -0.489 e. The number of hydrogen-bond donors (Lipinski definition) is 1. The first-order chi connectivity index (χ1) is 15.2. The number of amides is 1. The summed E-state index contributed by atoms with van der Waals surface area (Å²) in [7, 11) is 0. The second-order valence-electron chi connectivity index (χ2n) is 7.24. The zero-order valence-electron chi connectivity index (χ0n) is 17.6. The van der Waals surface area contributed by atoms with Gasteiger partial charge in [-0.15, -0.1) is 11.8 Å². The summed E-state index contributed by atoms with van der Waals surface area (Å²) in [6, 6.07) is 11.0. The van der Waals surface area contributed by atoms with E-state index in [1.165, 1.54) is 11.8 Å². The molecule has 31 heavy (non-hydrogen) atoms. The van der Waals surface area contributed by atoms with Crippen molar-refractivity contribution in [2.75, 3.05) is 24.8 Å². The van der Waals surface area contributed by atoms with Crippen LogP contribution in [0.25, 0.3) is 11.6 Å². The van der Waals surface area contributed by atoms with Crippen LogP contribution in [0.4, 0.5) is 5.69 Å². The van der Waals surface area contributed by atoms with Crippen LogP contribution in [0.5, 0.6) is 5.75 Å². The largest absolute Gasteiger partial charge is 0.489 e. The van der Waals surface area contributed by atoms with E-state index in [2.05, 4.69) is 15.3 Å². The average Bonchev–Trinajstić information content (AvgIpc) is 3.33. The highest BCUT2D eigenvalue weighted by molar-refractivity contribution is 7.98. The number of para-hydroxylation sites is 2. The van der Waals surface area contributed by atoms with Gasteiger partial charge in [0.1, 0.15) is 17.4 Å². The Morgan fingerprint density at radius 3 is 2.84 bits per heavy atom. The Bertz CT molecular complexity index is 1030. The fourth-order valence-electron chi connectivity index (χ4n) is 3.47. The molecular weight excluding hydrogens is 414 g/mol. The number of benzene rings is 1. The maximum atomic E-state index is 13.2. The molecule has 8 heteroatoms. The number of furan rings is 1. The van der Waals surface area contributed by atoms with Crippen molar-refractivity contribution in [1.82, 2.24) is 9.97 Å². The Hall–Kier alpha value is -2.84. The predicted molar refractivity (Wildman–Crippen MR) is 120 cm³/mol. The number of aryl methyl sites for hydroxylation is 1. The molecule has 2 aromatic heterocycles. The number of hydrogen-bond acceptors (Lipinski definition) is 7. The summed E-state index contributed by atoms with van der Waals surface area (Å²) in [5, 5.41) is 3.55. The number of thioether (sulfide) groups is 1. The van der Waals surface area contributed by atoms with E-state index in [-0.39, 0.29) is 12.0 Å². The van der Waals surface area contributed by atoms with Gasteiger partial charge in [-0.2, -0.15) is 0 Å². The predicted octanol–water partition coefficient (Wildman–Crippen LogP) is 4.97. The molecule has 0 radical (unpaired) electrons. The van der Waals surface area contributed by atoms with E-state index < -0.39 is 0 Å². The van der Waals surface area contributed by atoms with Crippen molar-refractivity contribution >= 4 is 23.4 Å². The quantitative estimate of drug-likeness (QED) is 0.411. The Balaban J connectivity index is 1.53. The van der Waals surface area contributed by atoms with Crippen LogP contribution in [0.2, 0.25) is 0 Å². The summed E-state index contributed by atoms with van der Waals surface area (Å²) < 4.78 is 17.1. The summed E-state index contributed by atoms with van der Waals surface area (Å²) in [6.45, 7) is 3.03. The minimum absolute atomic E-state index is 0.0883. The van der Waals surface area contributed by atoms with Crippen molar-refractivity contribution in [3.8, 4) is 17.3 Å². The SMILES string of the molecule is CSc1nc(-c2ccco2)nc(C)c1C(=O)Nc1ccccc1OCC1CCCCO1. The molecule has 7 nitrogen and oxygen atoms in total. The Kier molecular flexibility index (Phi) is 6.89. The van der Waals surface area contributed by atoms with Crippen LogP contribution in [-0.2, 0) is 4.74 Å². The molecule has 162 valence electrons. The van der Waals surface area contributed by atoms with Gasteiger partial charge in [-0.1, -0.05) is 12.1 Å². The zero-order chi connectivity index (χ0) is 21.6. The molecule has 1 aromatic carbocycles. The second-order valence-corrected chi connectivity index (χ2v) is 8.04. The third-order valence-corrected chi connectivity index (χ3v) is 5.73. The molecule has 0 bridgehead atoms. The number of nitrogens with one attached hydrogen (secondary N) is 1. The van der Waals surface area contributed by atoms with Gasteiger partial charge in [-0.25, -0.2) is 9.97 Å². The molecule has 1 saturated heterocycles. The van der Waals surface area contributed by atoms with Crippen molar-refractivity contribution < 1.29 is 18.7 Å². The molecule has 1 unspecified atom stereocenters. The van der Waals surface area contributed by atoms with Gasteiger partial charge in [0.15, 0.2) is 11.6 Å². The minimum atomic E-state index is -0.280. The summed E-state index contributed by atoms with van der Waals surface area (Å²) in [6.07, 6.45) is 6.78. The Labute approximate surface area is 185 Å². The zero-order valence-corrected chi connectivity index (χ0v) is 18.4. The van der Waals surface area contributed by atoms with Crippen LogP contribution in [0.15, 0.2) is 52.1 Å². The van der Waals surface area contributed by atoms with Gasteiger partial charge in [0.25, 0.3) is 5.91 Å². The number of carbonyl (C=O) groups is 1. The van der Waals surface area contributed by atoms with Gasteiger partial charge in [0, 0.05) is 6.61 Å². The topological polar surface area (TPSA) is 86.5 Å². The van der Waals surface area contributed by atoms with Crippen LogP contribution in [0.1, 0.15) is 35.3 Å². The molecule has 1 fully saturated rings. The maximum absolute atomic E-state index is 13.2. The van der Waals surface area contributed by atoms with E-state index in [9.17, 15) is 4.79 Å². The molecule has 1 atom stereocenters. The lowest BCUT2D eigenvalue weighted by Crippen LogP contribution is -2.26. The number of carbonyl (C=O) groups excluding carboxylic acids is 1. The molecule has 0 spiro atoms. The van der Waals surface area contributed by atoms with Gasteiger partial charge in [-0.05, 0) is 56.7 Å². The summed E-state index contributed by atoms with van der Waals surface area (Å²) >= 11 is 1.39. The fourth-order valence-corrected chi connectivity index (χ4v) is 4.10. The fraction of sp³-hybridized carbons (Fsp3) is 0.348. The van der Waals surface area contributed by atoms with E-state index >= 15 is 0 Å². The van der Waals surface area contributed by atoms with E-state index in [0.29, 0.717) is 45.9 Å². The van der Waals surface area contributed by atoms with Crippen LogP contribution < -0.4 is 10.1 Å². The van der Waals surface area contributed by atoms with Gasteiger partial charge in [0.2, 0.25) is 0 Å². The average molecular weight is 440 g/mol. The Morgan fingerprint density at radius 2 is 2.10 bits per heavy atom. The van der Waals surface area contributed by atoms with E-state index in [0.717, 1.165) is 25.9 Å². The third-order valence-electron chi connectivity index (χ3n) is 5.05. The first-order valence-electron chi connectivity index (χ1n) is 10.3. The summed E-state index contributed by atoms with van der Waals surface area (Å²) in [5.74, 6) is 1.35. The molecular formula is C23H25N3O4S. The van der Waals surface area contributed by atoms with E-state index in [4.69, 9.17) is 13.9 Å². The van der Waals surface area contributed by atoms with Crippen molar-refractivity contribution in [2.24, 2.45) is 0 Å². The molecule has 4 rings (SSSR count). The molecule has 1 aliphatic rings. The Morgan fingerprint density at radius 1 is 1.23 bits per heavy atom. The highest BCUT2D eigenvalue weighted by Gasteiger charge is 2.21. The van der Waals surface area contributed by atoms with Crippen LogP contribution in [-0.4, -0.2) is 41.4 Å². The first kappa shape index (κ1) is 21.4. The van der Waals surface area contributed by atoms with Crippen LogP contribution in [0, 0.1) is 6.92 Å². The van der Waals surface area contributed by atoms with Crippen molar-refractivity contribution in [1.29, 1.82) is 0 Å². The van der Waals surface area contributed by atoms with Crippen LogP contribution >= 0.6 is 11.8 Å². The van der Waals surface area contributed by atoms with Crippen molar-refractivity contribution in [2.45, 2.75) is 37.3 Å². The highest BCUT2D eigenvalue weighted by atomic mass is 32.2. The lowest BCUT2D eigenvalue weighted by atomic mass is 10.1. The molecule has 0 saturated carbocycles. The van der Waals surface area contributed by atoms with Gasteiger partial charge in [0.05, 0.1) is 29.3 Å². The molecule has 1 aliphatic heterocycles. The summed E-state index contributed by atoms with van der Waals surface area (Å²) in [5.41, 5.74) is 1.62. The van der Waals surface area contributed by atoms with Crippen LogP contribution in [0.3, 0.4) is 0 Å².